The molecule has 0 radical (unpaired) electrons. The number of amides is 1. The van der Waals surface area contributed by atoms with Crippen molar-refractivity contribution >= 4 is 11.6 Å². The number of alkyl halides is 3. The highest BCUT2D eigenvalue weighted by Crippen LogP contribution is 2.29. The molecule has 0 unspecified atom stereocenters. The Morgan fingerprint density at radius 3 is 2.54 bits per heavy atom. The van der Waals surface area contributed by atoms with E-state index in [0.29, 0.717) is 11.2 Å². The van der Waals surface area contributed by atoms with Crippen LogP contribution < -0.4 is 10.9 Å². The highest BCUT2D eigenvalue weighted by molar-refractivity contribution is 5.93. The van der Waals surface area contributed by atoms with E-state index in [-0.39, 0.29) is 12.1 Å². The van der Waals surface area contributed by atoms with Gasteiger partial charge in [0.25, 0.3) is 11.5 Å². The molecule has 0 spiro atoms. The zero-order valence-electron chi connectivity index (χ0n) is 13.7. The van der Waals surface area contributed by atoms with Crippen LogP contribution in [0.2, 0.25) is 0 Å². The lowest BCUT2D eigenvalue weighted by Gasteiger charge is -2.09. The lowest BCUT2D eigenvalue weighted by atomic mass is 10.1. The van der Waals surface area contributed by atoms with Crippen LogP contribution >= 0.6 is 0 Å². The van der Waals surface area contributed by atoms with Gasteiger partial charge in [-0.15, -0.1) is 0 Å². The van der Waals surface area contributed by atoms with Crippen molar-refractivity contribution in [1.82, 2.24) is 14.7 Å². The van der Waals surface area contributed by atoms with E-state index in [2.05, 4.69) is 10.3 Å². The molecule has 5 nitrogen and oxygen atoms in total. The van der Waals surface area contributed by atoms with Gasteiger partial charge in [-0.3, -0.25) is 14.0 Å². The normalized spacial score (nSPS) is 11.5. The highest BCUT2D eigenvalue weighted by atomic mass is 19.4. The van der Waals surface area contributed by atoms with Crippen molar-refractivity contribution in [2.75, 3.05) is 0 Å². The lowest BCUT2D eigenvalue weighted by Crippen LogP contribution is -2.31. The molecule has 0 aliphatic heterocycles. The van der Waals surface area contributed by atoms with E-state index in [0.717, 1.165) is 17.7 Å². The Labute approximate surface area is 146 Å². The maximum absolute atomic E-state index is 12.5. The Kier molecular flexibility index (Phi) is 4.50. The molecule has 0 aliphatic rings. The number of carbonyl (C=O) groups excluding carboxylic acids is 1. The second kappa shape index (κ2) is 6.62. The van der Waals surface area contributed by atoms with Crippen LogP contribution in [0.4, 0.5) is 13.2 Å². The summed E-state index contributed by atoms with van der Waals surface area (Å²) >= 11 is 0. The first-order valence-electron chi connectivity index (χ1n) is 7.68. The molecular formula is C18H14F3N3O2. The fraction of sp³-hybridized carbons (Fsp3) is 0.167. The Morgan fingerprint density at radius 2 is 1.88 bits per heavy atom. The van der Waals surface area contributed by atoms with Crippen molar-refractivity contribution < 1.29 is 18.0 Å². The van der Waals surface area contributed by atoms with Crippen molar-refractivity contribution in [3.8, 4) is 0 Å². The molecule has 8 heteroatoms. The number of halogens is 3. The van der Waals surface area contributed by atoms with Crippen LogP contribution in [0.3, 0.4) is 0 Å². The number of nitrogens with one attached hydrogen (secondary N) is 1. The summed E-state index contributed by atoms with van der Waals surface area (Å²) in [4.78, 5) is 28.7. The van der Waals surface area contributed by atoms with Crippen LogP contribution in [0.15, 0.2) is 53.6 Å². The first-order chi connectivity index (χ1) is 12.3. The molecule has 3 rings (SSSR count). The van der Waals surface area contributed by atoms with Crippen LogP contribution in [-0.2, 0) is 12.7 Å². The Balaban J connectivity index is 1.76. The molecule has 0 saturated carbocycles. The van der Waals surface area contributed by atoms with Gasteiger partial charge in [-0.05, 0) is 42.3 Å². The number of pyridine rings is 1. The van der Waals surface area contributed by atoms with Crippen molar-refractivity contribution in [2.45, 2.75) is 19.6 Å². The molecule has 0 aliphatic carbocycles. The molecule has 1 amide bonds. The van der Waals surface area contributed by atoms with Gasteiger partial charge in [-0.25, -0.2) is 4.98 Å². The molecule has 2 aromatic heterocycles. The zero-order valence-corrected chi connectivity index (χ0v) is 13.7. The fourth-order valence-corrected chi connectivity index (χ4v) is 2.42. The number of fused-ring (bicyclic) bond motifs is 1. The monoisotopic (exact) mass is 361 g/mol. The molecule has 1 aromatic carbocycles. The summed E-state index contributed by atoms with van der Waals surface area (Å²) < 4.78 is 38.9. The summed E-state index contributed by atoms with van der Waals surface area (Å²) in [7, 11) is 0. The molecule has 0 bridgehead atoms. The smallest absolute Gasteiger partial charge is 0.348 e. The van der Waals surface area contributed by atoms with Crippen LogP contribution in [-0.4, -0.2) is 15.3 Å². The number of aromatic nitrogens is 2. The molecule has 26 heavy (non-hydrogen) atoms. The van der Waals surface area contributed by atoms with E-state index in [1.54, 1.807) is 12.1 Å². The van der Waals surface area contributed by atoms with Gasteiger partial charge in [0, 0.05) is 18.9 Å². The predicted molar refractivity (Wildman–Crippen MR) is 88.8 cm³/mol. The van der Waals surface area contributed by atoms with Gasteiger partial charge in [0.1, 0.15) is 11.2 Å². The van der Waals surface area contributed by atoms with E-state index < -0.39 is 23.2 Å². The van der Waals surface area contributed by atoms with Gasteiger partial charge >= 0.3 is 6.18 Å². The summed E-state index contributed by atoms with van der Waals surface area (Å²) in [5, 5.41) is 2.52. The standard InChI is InChI=1S/C18H14F3N3O2/c1-11-6-7-24-15(8-11)22-10-14(17(24)26)16(25)23-9-12-2-4-13(5-3-12)18(19,20)21/h2-8,10H,9H2,1H3,(H,23,25). The van der Waals surface area contributed by atoms with Crippen molar-refractivity contribution in [3.63, 3.8) is 0 Å². The van der Waals surface area contributed by atoms with Gasteiger partial charge in [0.2, 0.25) is 0 Å². The molecule has 0 atom stereocenters. The minimum absolute atomic E-state index is 0.00693. The Bertz CT molecular complexity index is 1020. The summed E-state index contributed by atoms with van der Waals surface area (Å²) in [6.07, 6.45) is -1.68. The predicted octanol–water partition coefficient (Wildman–Crippen LogP) is 2.95. The fourth-order valence-electron chi connectivity index (χ4n) is 2.42. The first kappa shape index (κ1) is 17.7. The number of carbonyl (C=O) groups is 1. The summed E-state index contributed by atoms with van der Waals surface area (Å²) in [6.45, 7) is 1.85. The van der Waals surface area contributed by atoms with E-state index in [1.165, 1.54) is 28.9 Å². The summed E-state index contributed by atoms with van der Waals surface area (Å²) in [5.74, 6) is -0.641. The second-order valence-corrected chi connectivity index (χ2v) is 5.79. The van der Waals surface area contributed by atoms with Crippen molar-refractivity contribution in [1.29, 1.82) is 0 Å². The molecule has 2 heterocycles. The third kappa shape index (κ3) is 3.58. The molecular weight excluding hydrogens is 347 g/mol. The number of nitrogens with zero attached hydrogens (tertiary/aromatic N) is 2. The van der Waals surface area contributed by atoms with Crippen LogP contribution in [0.1, 0.15) is 27.0 Å². The Hall–Kier alpha value is -3.16. The first-order valence-corrected chi connectivity index (χ1v) is 7.68. The zero-order chi connectivity index (χ0) is 18.9. The largest absolute Gasteiger partial charge is 0.416 e. The maximum atomic E-state index is 12.5. The minimum atomic E-state index is -4.41. The molecule has 0 fully saturated rings. The Morgan fingerprint density at radius 1 is 1.19 bits per heavy atom. The molecule has 0 saturated heterocycles. The number of rotatable bonds is 3. The van der Waals surface area contributed by atoms with Gasteiger partial charge < -0.3 is 5.32 Å². The number of hydrogen-bond acceptors (Lipinski definition) is 3. The quantitative estimate of drug-likeness (QED) is 0.780. The third-order valence-electron chi connectivity index (χ3n) is 3.84. The second-order valence-electron chi connectivity index (χ2n) is 5.79. The van der Waals surface area contributed by atoms with Crippen molar-refractivity contribution in [3.05, 3.63) is 81.4 Å². The van der Waals surface area contributed by atoms with E-state index in [1.807, 2.05) is 6.92 Å². The highest BCUT2D eigenvalue weighted by Gasteiger charge is 2.29. The average molecular weight is 361 g/mol. The maximum Gasteiger partial charge on any atom is 0.416 e. The SMILES string of the molecule is Cc1ccn2c(=O)c(C(=O)NCc3ccc(C(F)(F)F)cc3)cnc2c1. The molecule has 1 N–H and O–H groups in total. The van der Waals surface area contributed by atoms with E-state index >= 15 is 0 Å². The number of benzene rings is 1. The number of aryl methyl sites for hydroxylation is 1. The topological polar surface area (TPSA) is 63.5 Å². The third-order valence-corrected chi connectivity index (χ3v) is 3.84. The van der Waals surface area contributed by atoms with Gasteiger partial charge in [-0.1, -0.05) is 12.1 Å². The van der Waals surface area contributed by atoms with E-state index in [9.17, 15) is 22.8 Å². The van der Waals surface area contributed by atoms with E-state index in [4.69, 9.17) is 0 Å². The molecule has 134 valence electrons. The minimum Gasteiger partial charge on any atom is -0.348 e. The van der Waals surface area contributed by atoms with Crippen LogP contribution in [0, 0.1) is 6.92 Å². The van der Waals surface area contributed by atoms with Crippen LogP contribution in [0.5, 0.6) is 0 Å². The lowest BCUT2D eigenvalue weighted by molar-refractivity contribution is -0.137. The average Bonchev–Trinajstić information content (AvgIpc) is 2.59. The number of hydrogen-bond donors (Lipinski definition) is 1. The van der Waals surface area contributed by atoms with Crippen LogP contribution in [0.25, 0.3) is 5.65 Å². The summed E-state index contributed by atoms with van der Waals surface area (Å²) in [6, 6.07) is 7.87. The van der Waals surface area contributed by atoms with Gasteiger partial charge in [-0.2, -0.15) is 13.2 Å². The summed E-state index contributed by atoms with van der Waals surface area (Å²) in [5.41, 5.74) is 0.416. The van der Waals surface area contributed by atoms with Gasteiger partial charge in [0.05, 0.1) is 5.56 Å². The molecule has 3 aromatic rings. The van der Waals surface area contributed by atoms with Gasteiger partial charge in [0.15, 0.2) is 0 Å². The van der Waals surface area contributed by atoms with Crippen molar-refractivity contribution in [2.24, 2.45) is 0 Å².